The van der Waals surface area contributed by atoms with E-state index in [-0.39, 0.29) is 17.1 Å². The molecule has 3 N–H and O–H groups in total. The number of anilines is 2. The minimum absolute atomic E-state index is 0.0375. The fraction of sp³-hybridized carbons (Fsp3) is 0.455. The molecule has 1 aromatic carbocycles. The van der Waals surface area contributed by atoms with E-state index < -0.39 is 34.1 Å². The number of hydrogen-bond acceptors (Lipinski definition) is 5. The smallest absolute Gasteiger partial charge is 0.387 e. The summed E-state index contributed by atoms with van der Waals surface area (Å²) >= 11 is 0. The average Bonchev–Trinajstić information content (AvgIpc) is 2.21. The van der Waals surface area contributed by atoms with Crippen LogP contribution in [0.4, 0.5) is 24.5 Å². The molecule has 0 amide bonds. The lowest BCUT2D eigenvalue weighted by atomic mass is 10.2. The number of nitrogens with one attached hydrogen (secondary N) is 1. The van der Waals surface area contributed by atoms with Crippen LogP contribution in [-0.2, 0) is 9.84 Å². The van der Waals surface area contributed by atoms with Crippen molar-refractivity contribution in [3.8, 4) is 5.75 Å². The average molecular weight is 312 g/mol. The van der Waals surface area contributed by atoms with E-state index in [2.05, 4.69) is 10.1 Å². The largest absolute Gasteiger partial charge is 0.432 e. The molecule has 114 valence electrons. The second-order valence-electron chi connectivity index (χ2n) is 4.39. The quantitative estimate of drug-likeness (QED) is 0.784. The van der Waals surface area contributed by atoms with Crippen molar-refractivity contribution in [2.45, 2.75) is 19.6 Å². The van der Waals surface area contributed by atoms with E-state index in [4.69, 9.17) is 5.73 Å². The van der Waals surface area contributed by atoms with Gasteiger partial charge in [0.05, 0.1) is 17.1 Å². The molecule has 0 saturated carbocycles. The third-order valence-corrected chi connectivity index (χ3v) is 3.38. The Hall–Kier alpha value is -1.64. The van der Waals surface area contributed by atoms with Gasteiger partial charge in [-0.15, -0.1) is 0 Å². The lowest BCUT2D eigenvalue weighted by Crippen LogP contribution is -2.25. The number of ether oxygens (including phenoxy) is 1. The van der Waals surface area contributed by atoms with E-state index in [1.165, 1.54) is 0 Å². The van der Waals surface area contributed by atoms with Crippen LogP contribution >= 0.6 is 0 Å². The van der Waals surface area contributed by atoms with Gasteiger partial charge in [0.2, 0.25) is 0 Å². The van der Waals surface area contributed by atoms with E-state index in [9.17, 15) is 21.6 Å². The van der Waals surface area contributed by atoms with Gasteiger partial charge in [0.15, 0.2) is 11.6 Å². The van der Waals surface area contributed by atoms with Crippen molar-refractivity contribution in [1.82, 2.24) is 0 Å². The Morgan fingerprint density at radius 3 is 2.50 bits per heavy atom. The second-order valence-corrected chi connectivity index (χ2v) is 6.57. The van der Waals surface area contributed by atoms with Crippen LogP contribution in [-0.4, -0.2) is 33.1 Å². The summed E-state index contributed by atoms with van der Waals surface area (Å²) in [6.45, 7) is -1.60. The van der Waals surface area contributed by atoms with Crippen LogP contribution in [0.25, 0.3) is 0 Å². The van der Waals surface area contributed by atoms with Crippen molar-refractivity contribution in [3.63, 3.8) is 0 Å². The van der Waals surface area contributed by atoms with E-state index in [0.29, 0.717) is 0 Å². The van der Waals surface area contributed by atoms with Gasteiger partial charge in [-0.25, -0.2) is 12.8 Å². The first-order valence-corrected chi connectivity index (χ1v) is 7.62. The van der Waals surface area contributed by atoms with Crippen LogP contribution in [0.1, 0.15) is 6.92 Å². The van der Waals surface area contributed by atoms with Gasteiger partial charge in [-0.3, -0.25) is 0 Å². The number of nitrogens with two attached hydrogens (primary N) is 1. The number of benzene rings is 1. The summed E-state index contributed by atoms with van der Waals surface area (Å²) in [5.74, 6) is -1.87. The van der Waals surface area contributed by atoms with Crippen molar-refractivity contribution in [3.05, 3.63) is 17.9 Å². The van der Waals surface area contributed by atoms with Crippen molar-refractivity contribution < 1.29 is 26.3 Å². The van der Waals surface area contributed by atoms with E-state index >= 15 is 0 Å². The Bertz CT molecular complexity index is 579. The zero-order valence-electron chi connectivity index (χ0n) is 10.9. The van der Waals surface area contributed by atoms with Crippen molar-refractivity contribution in [2.24, 2.45) is 0 Å². The van der Waals surface area contributed by atoms with Crippen molar-refractivity contribution in [2.75, 3.05) is 23.1 Å². The zero-order valence-corrected chi connectivity index (χ0v) is 11.7. The predicted octanol–water partition coefficient (Wildman–Crippen LogP) is 1.85. The Kier molecular flexibility index (Phi) is 5.09. The van der Waals surface area contributed by atoms with Gasteiger partial charge in [0.25, 0.3) is 0 Å². The third-order valence-electron chi connectivity index (χ3n) is 2.27. The number of rotatable bonds is 6. The number of halogens is 3. The highest BCUT2D eigenvalue weighted by molar-refractivity contribution is 7.90. The Morgan fingerprint density at radius 1 is 1.40 bits per heavy atom. The summed E-state index contributed by atoms with van der Waals surface area (Å²) in [5.41, 5.74) is 5.62. The predicted molar refractivity (Wildman–Crippen MR) is 70.2 cm³/mol. The van der Waals surface area contributed by atoms with Crippen molar-refractivity contribution in [1.29, 1.82) is 0 Å². The first kappa shape index (κ1) is 16.4. The standard InChI is InChI=1S/C11H15F3N2O3S/c1-6(5-20(2,17)18)16-9-4-10(19-11(13)14)7(12)3-8(9)15/h3-4,6,11,16H,5,15H2,1-2H3. The van der Waals surface area contributed by atoms with Gasteiger partial charge in [-0.05, 0) is 6.92 Å². The molecule has 20 heavy (non-hydrogen) atoms. The molecule has 1 aromatic rings. The Morgan fingerprint density at radius 2 is 2.00 bits per heavy atom. The van der Waals surface area contributed by atoms with Crippen LogP contribution in [0, 0.1) is 5.82 Å². The number of nitrogen functional groups attached to an aromatic ring is 1. The van der Waals surface area contributed by atoms with Crippen LogP contribution < -0.4 is 15.8 Å². The van der Waals surface area contributed by atoms with Gasteiger partial charge in [-0.1, -0.05) is 0 Å². The molecule has 0 heterocycles. The molecule has 1 rings (SSSR count). The van der Waals surface area contributed by atoms with Crippen LogP contribution in [0.3, 0.4) is 0 Å². The Balaban J connectivity index is 2.94. The molecule has 0 aliphatic carbocycles. The normalized spacial score (nSPS) is 13.3. The highest BCUT2D eigenvalue weighted by atomic mass is 32.2. The molecule has 0 spiro atoms. The van der Waals surface area contributed by atoms with E-state index in [0.717, 1.165) is 18.4 Å². The number of hydrogen-bond donors (Lipinski definition) is 2. The first-order chi connectivity index (χ1) is 9.08. The molecular formula is C11H15F3N2O3S. The fourth-order valence-electron chi connectivity index (χ4n) is 1.64. The maximum atomic E-state index is 13.3. The molecule has 0 bridgehead atoms. The summed E-state index contributed by atoms with van der Waals surface area (Å²) in [6.07, 6.45) is 1.06. The lowest BCUT2D eigenvalue weighted by molar-refractivity contribution is -0.0521. The topological polar surface area (TPSA) is 81.4 Å². The molecule has 0 saturated heterocycles. The number of alkyl halides is 2. The molecule has 0 aromatic heterocycles. The van der Waals surface area contributed by atoms with E-state index in [1.807, 2.05) is 0 Å². The van der Waals surface area contributed by atoms with Gasteiger partial charge >= 0.3 is 6.61 Å². The minimum atomic E-state index is -3.22. The van der Waals surface area contributed by atoms with Gasteiger partial charge < -0.3 is 15.8 Å². The lowest BCUT2D eigenvalue weighted by Gasteiger charge is -2.17. The fourth-order valence-corrected chi connectivity index (χ4v) is 2.63. The summed E-state index contributed by atoms with van der Waals surface area (Å²) in [7, 11) is -3.22. The molecule has 5 nitrogen and oxygen atoms in total. The number of sulfone groups is 1. The van der Waals surface area contributed by atoms with Crippen LogP contribution in [0.5, 0.6) is 5.75 Å². The van der Waals surface area contributed by atoms with Crippen LogP contribution in [0.15, 0.2) is 12.1 Å². The molecule has 1 atom stereocenters. The third kappa shape index (κ3) is 5.16. The molecule has 0 radical (unpaired) electrons. The van der Waals surface area contributed by atoms with Gasteiger partial charge in [-0.2, -0.15) is 8.78 Å². The zero-order chi connectivity index (χ0) is 15.5. The minimum Gasteiger partial charge on any atom is -0.432 e. The maximum Gasteiger partial charge on any atom is 0.387 e. The molecule has 0 aliphatic rings. The summed E-state index contributed by atoms with van der Waals surface area (Å²) < 4.78 is 63.8. The highest BCUT2D eigenvalue weighted by Crippen LogP contribution is 2.29. The summed E-state index contributed by atoms with van der Waals surface area (Å²) in [5, 5.41) is 2.71. The molecule has 0 fully saturated rings. The summed E-state index contributed by atoms with van der Waals surface area (Å²) in [6, 6.07) is 1.26. The second kappa shape index (κ2) is 6.21. The SMILES string of the molecule is CC(CS(C)(=O)=O)Nc1cc(OC(F)F)c(F)cc1N. The molecule has 9 heteroatoms. The van der Waals surface area contributed by atoms with Gasteiger partial charge in [0.1, 0.15) is 9.84 Å². The van der Waals surface area contributed by atoms with Crippen molar-refractivity contribution >= 4 is 21.2 Å². The monoisotopic (exact) mass is 312 g/mol. The van der Waals surface area contributed by atoms with Gasteiger partial charge in [0, 0.05) is 24.4 Å². The molecular weight excluding hydrogens is 297 g/mol. The summed E-state index contributed by atoms with van der Waals surface area (Å²) in [4.78, 5) is 0. The maximum absolute atomic E-state index is 13.3. The first-order valence-electron chi connectivity index (χ1n) is 5.56. The highest BCUT2D eigenvalue weighted by Gasteiger charge is 2.16. The molecule has 1 unspecified atom stereocenters. The van der Waals surface area contributed by atoms with E-state index in [1.54, 1.807) is 6.92 Å². The van der Waals surface area contributed by atoms with Crippen LogP contribution in [0.2, 0.25) is 0 Å². The Labute approximate surface area is 114 Å². The molecule has 0 aliphatic heterocycles.